The lowest BCUT2D eigenvalue weighted by atomic mass is 9.84. The smallest absolute Gasteiger partial charge is 0.0817 e. The van der Waals surface area contributed by atoms with Crippen molar-refractivity contribution in [1.29, 1.82) is 0 Å². The van der Waals surface area contributed by atoms with Gasteiger partial charge in [-0.1, -0.05) is 39.3 Å². The van der Waals surface area contributed by atoms with Gasteiger partial charge in [0.25, 0.3) is 0 Å². The van der Waals surface area contributed by atoms with Crippen LogP contribution in [0.25, 0.3) is 0 Å². The van der Waals surface area contributed by atoms with E-state index in [4.69, 9.17) is 17.3 Å². The Kier molecular flexibility index (Phi) is 5.02. The van der Waals surface area contributed by atoms with Gasteiger partial charge in [0, 0.05) is 12.6 Å². The predicted molar refractivity (Wildman–Crippen MR) is 73.3 cm³/mol. The summed E-state index contributed by atoms with van der Waals surface area (Å²) in [4.78, 5) is 0. The van der Waals surface area contributed by atoms with Crippen LogP contribution in [-0.4, -0.2) is 15.8 Å². The van der Waals surface area contributed by atoms with Crippen LogP contribution in [0, 0.1) is 5.41 Å². The molecule has 3 nitrogen and oxygen atoms in total. The van der Waals surface area contributed by atoms with Crippen molar-refractivity contribution < 1.29 is 0 Å². The number of rotatable bonds is 5. The van der Waals surface area contributed by atoms with E-state index in [9.17, 15) is 0 Å². The van der Waals surface area contributed by atoms with E-state index in [0.717, 1.165) is 36.5 Å². The Morgan fingerprint density at radius 3 is 2.65 bits per heavy atom. The van der Waals surface area contributed by atoms with E-state index >= 15 is 0 Å². The largest absolute Gasteiger partial charge is 0.327 e. The third-order valence-corrected chi connectivity index (χ3v) is 3.45. The average Bonchev–Trinajstić information content (AvgIpc) is 2.56. The van der Waals surface area contributed by atoms with Crippen molar-refractivity contribution in [3.63, 3.8) is 0 Å². The Bertz CT molecular complexity index is 352. The number of nitrogens with zero attached hydrogens (tertiary/aromatic N) is 2. The monoisotopic (exact) mass is 257 g/mol. The molecule has 4 heteroatoms. The first-order chi connectivity index (χ1) is 7.86. The molecule has 1 atom stereocenters. The molecule has 0 saturated heterocycles. The third-order valence-electron chi connectivity index (χ3n) is 3.14. The third kappa shape index (κ3) is 4.00. The molecular weight excluding hydrogens is 234 g/mol. The molecule has 1 rings (SSSR count). The Hall–Kier alpha value is -0.540. The highest BCUT2D eigenvalue weighted by Gasteiger charge is 2.21. The Balaban J connectivity index is 2.65. The molecule has 17 heavy (non-hydrogen) atoms. The maximum Gasteiger partial charge on any atom is 0.0817 e. The molecule has 0 fully saturated rings. The van der Waals surface area contributed by atoms with Gasteiger partial charge in [-0.3, -0.25) is 4.68 Å². The van der Waals surface area contributed by atoms with Gasteiger partial charge in [0.15, 0.2) is 0 Å². The average molecular weight is 258 g/mol. The van der Waals surface area contributed by atoms with E-state index in [2.05, 4.69) is 32.8 Å². The summed E-state index contributed by atoms with van der Waals surface area (Å²) in [6.07, 6.45) is 4.64. The van der Waals surface area contributed by atoms with Gasteiger partial charge in [-0.15, -0.1) is 0 Å². The van der Waals surface area contributed by atoms with Crippen LogP contribution in [0.3, 0.4) is 0 Å². The molecule has 0 amide bonds. The molecule has 0 aromatic carbocycles. The minimum absolute atomic E-state index is 0.141. The van der Waals surface area contributed by atoms with Crippen molar-refractivity contribution in [2.24, 2.45) is 11.1 Å². The zero-order valence-electron chi connectivity index (χ0n) is 11.3. The molecule has 1 aromatic heterocycles. The fraction of sp³-hybridized carbons (Fsp3) is 0.769. The second kappa shape index (κ2) is 5.87. The normalized spacial score (nSPS) is 14.0. The predicted octanol–water partition coefficient (Wildman–Crippen LogP) is 3.25. The number of hydrogen-bond donors (Lipinski definition) is 1. The first-order valence-electron chi connectivity index (χ1n) is 6.32. The summed E-state index contributed by atoms with van der Waals surface area (Å²) in [6.45, 7) is 9.57. The maximum atomic E-state index is 6.17. The van der Waals surface area contributed by atoms with E-state index in [0.29, 0.717) is 0 Å². The molecule has 1 unspecified atom stereocenters. The minimum Gasteiger partial charge on any atom is -0.327 e. The van der Waals surface area contributed by atoms with E-state index in [1.54, 1.807) is 6.20 Å². The molecule has 98 valence electrons. The molecular formula is C13H24ClN3. The lowest BCUT2D eigenvalue weighted by molar-refractivity contribution is 0.304. The molecule has 0 aliphatic rings. The van der Waals surface area contributed by atoms with Crippen molar-refractivity contribution >= 4 is 11.6 Å². The number of aromatic nitrogens is 2. The van der Waals surface area contributed by atoms with E-state index in [1.165, 1.54) is 0 Å². The summed E-state index contributed by atoms with van der Waals surface area (Å²) in [5.41, 5.74) is 7.43. The lowest BCUT2D eigenvalue weighted by Crippen LogP contribution is -2.35. The van der Waals surface area contributed by atoms with Gasteiger partial charge in [0.05, 0.1) is 16.9 Å². The van der Waals surface area contributed by atoms with Crippen LogP contribution in [0.1, 0.15) is 46.2 Å². The highest BCUT2D eigenvalue weighted by molar-refractivity contribution is 6.31. The van der Waals surface area contributed by atoms with E-state index < -0.39 is 0 Å². The highest BCUT2D eigenvalue weighted by Crippen LogP contribution is 2.23. The standard InChI is InChI=1S/C13H24ClN3/c1-5-8-17-11(10(14)9-16-17)6-7-12(15)13(2,3)4/h9,12H,5-8,15H2,1-4H3. The van der Waals surface area contributed by atoms with Gasteiger partial charge in [-0.2, -0.15) is 5.10 Å². The molecule has 0 bridgehead atoms. The first-order valence-corrected chi connectivity index (χ1v) is 6.69. The summed E-state index contributed by atoms with van der Waals surface area (Å²) in [7, 11) is 0. The minimum atomic E-state index is 0.141. The number of halogens is 1. The first kappa shape index (κ1) is 14.5. The SMILES string of the molecule is CCCn1ncc(Cl)c1CCC(N)C(C)(C)C. The van der Waals surface area contributed by atoms with Gasteiger partial charge >= 0.3 is 0 Å². The molecule has 0 saturated carbocycles. The highest BCUT2D eigenvalue weighted by atomic mass is 35.5. The summed E-state index contributed by atoms with van der Waals surface area (Å²) >= 11 is 6.15. The summed E-state index contributed by atoms with van der Waals surface area (Å²) < 4.78 is 2.00. The van der Waals surface area contributed by atoms with Crippen molar-refractivity contribution in [3.8, 4) is 0 Å². The topological polar surface area (TPSA) is 43.8 Å². The van der Waals surface area contributed by atoms with Crippen molar-refractivity contribution in [2.45, 2.75) is 59.5 Å². The van der Waals surface area contributed by atoms with Crippen molar-refractivity contribution in [1.82, 2.24) is 9.78 Å². The van der Waals surface area contributed by atoms with E-state index in [-0.39, 0.29) is 11.5 Å². The molecule has 0 spiro atoms. The second-order valence-electron chi connectivity index (χ2n) is 5.67. The molecule has 2 N–H and O–H groups in total. The van der Waals surface area contributed by atoms with Crippen LogP contribution in [0.5, 0.6) is 0 Å². The number of hydrogen-bond acceptors (Lipinski definition) is 2. The van der Waals surface area contributed by atoms with E-state index in [1.807, 2.05) is 4.68 Å². The molecule has 0 radical (unpaired) electrons. The van der Waals surface area contributed by atoms with Crippen LogP contribution < -0.4 is 5.73 Å². The van der Waals surface area contributed by atoms with Crippen LogP contribution in [0.2, 0.25) is 5.02 Å². The van der Waals surface area contributed by atoms with Gasteiger partial charge < -0.3 is 5.73 Å². The lowest BCUT2D eigenvalue weighted by Gasteiger charge is -2.27. The zero-order valence-corrected chi connectivity index (χ0v) is 12.1. The van der Waals surface area contributed by atoms with Crippen molar-refractivity contribution in [3.05, 3.63) is 16.9 Å². The van der Waals surface area contributed by atoms with Crippen LogP contribution in [0.4, 0.5) is 0 Å². The maximum absolute atomic E-state index is 6.17. The molecule has 0 aliphatic carbocycles. The summed E-state index contributed by atoms with van der Waals surface area (Å²) in [5, 5.41) is 5.05. The fourth-order valence-electron chi connectivity index (χ4n) is 1.77. The van der Waals surface area contributed by atoms with Crippen LogP contribution >= 0.6 is 11.6 Å². The molecule has 1 heterocycles. The number of nitrogens with two attached hydrogens (primary N) is 1. The Labute approximate surface area is 109 Å². The second-order valence-corrected chi connectivity index (χ2v) is 6.08. The Morgan fingerprint density at radius 1 is 1.47 bits per heavy atom. The van der Waals surface area contributed by atoms with Gasteiger partial charge in [-0.25, -0.2) is 0 Å². The molecule has 0 aliphatic heterocycles. The fourth-order valence-corrected chi connectivity index (χ4v) is 2.00. The Morgan fingerprint density at radius 2 is 2.12 bits per heavy atom. The van der Waals surface area contributed by atoms with Crippen LogP contribution in [-0.2, 0) is 13.0 Å². The van der Waals surface area contributed by atoms with Crippen molar-refractivity contribution in [2.75, 3.05) is 0 Å². The summed E-state index contributed by atoms with van der Waals surface area (Å²) in [6, 6.07) is 0.184. The number of aryl methyl sites for hydroxylation is 1. The quantitative estimate of drug-likeness (QED) is 0.880. The van der Waals surface area contributed by atoms with Gasteiger partial charge in [0.1, 0.15) is 0 Å². The summed E-state index contributed by atoms with van der Waals surface area (Å²) in [5.74, 6) is 0. The van der Waals surface area contributed by atoms with Gasteiger partial charge in [0.2, 0.25) is 0 Å². The zero-order chi connectivity index (χ0) is 13.1. The van der Waals surface area contributed by atoms with Crippen LogP contribution in [0.15, 0.2) is 6.20 Å². The molecule has 1 aromatic rings. The van der Waals surface area contributed by atoms with Gasteiger partial charge in [-0.05, 0) is 24.7 Å².